The van der Waals surface area contributed by atoms with E-state index in [2.05, 4.69) is 97.1 Å². The number of anilines is 4. The van der Waals surface area contributed by atoms with Gasteiger partial charge in [-0.2, -0.15) is 0 Å². The molecule has 6 heteroatoms. The van der Waals surface area contributed by atoms with Crippen molar-refractivity contribution in [1.29, 1.82) is 0 Å². The summed E-state index contributed by atoms with van der Waals surface area (Å²) in [6.45, 7) is 12.0. The van der Waals surface area contributed by atoms with Crippen molar-refractivity contribution in [3.8, 4) is 0 Å². The molecule has 2 aromatic rings. The van der Waals surface area contributed by atoms with E-state index in [1.807, 2.05) is 0 Å². The monoisotopic (exact) mass is 482 g/mol. The third-order valence-electron chi connectivity index (χ3n) is 6.13. The van der Waals surface area contributed by atoms with Crippen LogP contribution in [0.3, 0.4) is 0 Å². The Bertz CT molecular complexity index is 1070. The molecular weight excluding hydrogens is 451 g/mol. The molecular formula is C27H32Cl2N4. The van der Waals surface area contributed by atoms with Gasteiger partial charge in [-0.05, 0) is 69.7 Å². The molecule has 3 N–H and O–H groups in total. The molecule has 1 atom stereocenters. The van der Waals surface area contributed by atoms with E-state index in [-0.39, 0.29) is 5.38 Å². The average Bonchev–Trinajstić information content (AvgIpc) is 2.79. The smallest absolute Gasteiger partial charge is 0.0809 e. The van der Waals surface area contributed by atoms with E-state index in [4.69, 9.17) is 23.2 Å². The number of likely N-dealkylation sites (N-methyl/N-ethyl adjacent to an activating group) is 1. The molecule has 0 aromatic heterocycles. The van der Waals surface area contributed by atoms with Gasteiger partial charge in [-0.15, -0.1) is 11.6 Å². The van der Waals surface area contributed by atoms with Crippen molar-refractivity contribution >= 4 is 51.5 Å². The molecule has 0 bridgehead atoms. The van der Waals surface area contributed by atoms with Gasteiger partial charge in [0.2, 0.25) is 0 Å². The van der Waals surface area contributed by atoms with E-state index >= 15 is 0 Å². The summed E-state index contributed by atoms with van der Waals surface area (Å²) in [5.41, 5.74) is 9.57. The number of allylic oxidation sites excluding steroid dienone is 4. The predicted octanol–water partition coefficient (Wildman–Crippen LogP) is 7.38. The highest BCUT2D eigenvalue weighted by atomic mass is 35.5. The largest absolute Gasteiger partial charge is 0.385 e. The van der Waals surface area contributed by atoms with Gasteiger partial charge in [0.05, 0.1) is 5.38 Å². The number of hydrogen-bond acceptors (Lipinski definition) is 4. The van der Waals surface area contributed by atoms with Crippen LogP contribution >= 0.6 is 23.2 Å². The van der Waals surface area contributed by atoms with Crippen LogP contribution in [-0.2, 0) is 0 Å². The summed E-state index contributed by atoms with van der Waals surface area (Å²) in [7, 11) is 0. The topological polar surface area (TPSA) is 39.3 Å². The molecule has 0 radical (unpaired) electrons. The minimum absolute atomic E-state index is 0.325. The van der Waals surface area contributed by atoms with Crippen LogP contribution in [-0.4, -0.2) is 36.5 Å². The molecule has 1 unspecified atom stereocenters. The van der Waals surface area contributed by atoms with Gasteiger partial charge in [-0.1, -0.05) is 23.7 Å². The molecule has 2 aromatic carbocycles. The van der Waals surface area contributed by atoms with Crippen molar-refractivity contribution in [2.24, 2.45) is 0 Å². The highest BCUT2D eigenvalue weighted by Gasteiger charge is 2.30. The number of alkyl halides is 1. The second kappa shape index (κ2) is 10.1. The third kappa shape index (κ3) is 4.60. The first kappa shape index (κ1) is 23.6. The minimum atomic E-state index is -0.325. The van der Waals surface area contributed by atoms with Crippen molar-refractivity contribution in [3.05, 3.63) is 76.0 Å². The lowest BCUT2D eigenvalue weighted by Gasteiger charge is -2.31. The van der Waals surface area contributed by atoms with E-state index in [0.29, 0.717) is 5.03 Å². The van der Waals surface area contributed by atoms with Crippen molar-refractivity contribution in [1.82, 2.24) is 4.90 Å². The fourth-order valence-electron chi connectivity index (χ4n) is 4.60. The van der Waals surface area contributed by atoms with Crippen LogP contribution in [0.25, 0.3) is 5.57 Å². The summed E-state index contributed by atoms with van der Waals surface area (Å²) < 4.78 is 0. The maximum absolute atomic E-state index is 7.03. The van der Waals surface area contributed by atoms with Gasteiger partial charge >= 0.3 is 0 Å². The highest BCUT2D eigenvalue weighted by molar-refractivity contribution is 6.36. The summed E-state index contributed by atoms with van der Waals surface area (Å²) in [5.74, 6) is 0. The molecule has 0 amide bonds. The molecule has 4 rings (SSSR count). The predicted molar refractivity (Wildman–Crippen MR) is 145 cm³/mol. The van der Waals surface area contributed by atoms with Crippen LogP contribution in [0.2, 0.25) is 0 Å². The normalized spacial score (nSPS) is 16.8. The molecule has 1 aliphatic heterocycles. The Balaban J connectivity index is 1.91. The Labute approximate surface area is 207 Å². The molecule has 0 fully saturated rings. The lowest BCUT2D eigenvalue weighted by molar-refractivity contribution is 0.392. The van der Waals surface area contributed by atoms with E-state index < -0.39 is 0 Å². The van der Waals surface area contributed by atoms with Crippen molar-refractivity contribution in [2.75, 3.05) is 42.1 Å². The fourth-order valence-corrected chi connectivity index (χ4v) is 5.34. The Hall–Kier alpha value is -2.56. The number of fused-ring (bicyclic) bond motifs is 2. The maximum Gasteiger partial charge on any atom is 0.0809 e. The molecule has 0 saturated heterocycles. The third-order valence-corrected chi connectivity index (χ3v) is 6.79. The molecule has 4 nitrogen and oxygen atoms in total. The van der Waals surface area contributed by atoms with E-state index in [0.717, 1.165) is 76.9 Å². The lowest BCUT2D eigenvalue weighted by atomic mass is 9.85. The Morgan fingerprint density at radius 3 is 1.88 bits per heavy atom. The first-order valence-corrected chi connectivity index (χ1v) is 12.6. The Morgan fingerprint density at radius 1 is 0.879 bits per heavy atom. The second-order valence-corrected chi connectivity index (χ2v) is 9.03. The highest BCUT2D eigenvalue weighted by Crippen LogP contribution is 2.48. The SMILES string of the molecule is CCNc1ccc2c(c1)Nc1cc(NCC)ccc1C2=C1C(Cl)=CC(N(CC)CC)=CC1Cl. The van der Waals surface area contributed by atoms with Crippen LogP contribution in [0, 0.1) is 0 Å². The van der Waals surface area contributed by atoms with E-state index in [1.54, 1.807) is 0 Å². The molecule has 0 spiro atoms. The number of rotatable bonds is 7. The standard InChI is InChI=1S/C27H32Cl2N4/c1-5-30-17-9-11-20-24(13-17)32-25-14-18(31-6-2)10-12-21(25)26(20)27-22(28)15-19(16-23(27)29)33(7-3)8-4/h9-16,22,30-32H,5-8H2,1-4H3. The quantitative estimate of drug-likeness (QED) is 0.307. The lowest BCUT2D eigenvalue weighted by Crippen LogP contribution is -2.25. The van der Waals surface area contributed by atoms with Crippen LogP contribution in [0.1, 0.15) is 38.8 Å². The van der Waals surface area contributed by atoms with Gasteiger partial charge in [0, 0.05) is 76.4 Å². The van der Waals surface area contributed by atoms with Crippen molar-refractivity contribution in [3.63, 3.8) is 0 Å². The van der Waals surface area contributed by atoms with Gasteiger partial charge in [-0.25, -0.2) is 0 Å². The van der Waals surface area contributed by atoms with E-state index in [9.17, 15) is 0 Å². The summed E-state index contributed by atoms with van der Waals surface area (Å²) in [6, 6.07) is 12.8. The summed E-state index contributed by atoms with van der Waals surface area (Å²) in [5, 5.41) is 10.8. The maximum atomic E-state index is 7.03. The zero-order chi connectivity index (χ0) is 23.5. The zero-order valence-corrected chi connectivity index (χ0v) is 21.2. The number of nitrogens with one attached hydrogen (secondary N) is 3. The number of hydrogen-bond donors (Lipinski definition) is 3. The van der Waals surface area contributed by atoms with Gasteiger partial charge in [0.1, 0.15) is 0 Å². The fraction of sp³-hybridized carbons (Fsp3) is 0.333. The van der Waals surface area contributed by atoms with Crippen LogP contribution < -0.4 is 16.0 Å². The number of nitrogens with zero attached hydrogens (tertiary/aromatic N) is 1. The molecule has 1 aliphatic carbocycles. The van der Waals surface area contributed by atoms with Gasteiger partial charge in [0.25, 0.3) is 0 Å². The summed E-state index contributed by atoms with van der Waals surface area (Å²) in [4.78, 5) is 2.27. The second-order valence-electron chi connectivity index (χ2n) is 8.15. The van der Waals surface area contributed by atoms with Crippen LogP contribution in [0.4, 0.5) is 22.7 Å². The Kier molecular flexibility index (Phi) is 7.26. The molecule has 1 heterocycles. The number of halogens is 2. The molecule has 0 saturated carbocycles. The first-order chi connectivity index (χ1) is 16.0. The summed E-state index contributed by atoms with van der Waals surface area (Å²) in [6.07, 6.45) is 4.17. The van der Waals surface area contributed by atoms with Gasteiger partial charge in [0.15, 0.2) is 0 Å². The minimum Gasteiger partial charge on any atom is -0.385 e. The average molecular weight is 483 g/mol. The van der Waals surface area contributed by atoms with E-state index in [1.165, 1.54) is 0 Å². The van der Waals surface area contributed by atoms with Gasteiger partial charge in [-0.3, -0.25) is 0 Å². The van der Waals surface area contributed by atoms with Crippen LogP contribution in [0.15, 0.2) is 64.9 Å². The molecule has 2 aliphatic rings. The molecule has 174 valence electrons. The van der Waals surface area contributed by atoms with Crippen molar-refractivity contribution < 1.29 is 0 Å². The van der Waals surface area contributed by atoms with Gasteiger partial charge < -0.3 is 20.9 Å². The van der Waals surface area contributed by atoms with Crippen molar-refractivity contribution in [2.45, 2.75) is 33.1 Å². The van der Waals surface area contributed by atoms with Crippen LogP contribution in [0.5, 0.6) is 0 Å². The first-order valence-electron chi connectivity index (χ1n) is 11.8. The number of benzene rings is 2. The summed E-state index contributed by atoms with van der Waals surface area (Å²) >= 11 is 14.0. The Morgan fingerprint density at radius 2 is 1.42 bits per heavy atom. The zero-order valence-electron chi connectivity index (χ0n) is 19.7. The molecule has 33 heavy (non-hydrogen) atoms.